The number of pyridine rings is 1. The van der Waals surface area contributed by atoms with E-state index in [1.54, 1.807) is 0 Å². The zero-order chi connectivity index (χ0) is 24.8. The van der Waals surface area contributed by atoms with E-state index < -0.39 is 0 Å². The summed E-state index contributed by atoms with van der Waals surface area (Å²) >= 11 is 0. The Bertz CT molecular complexity index is 1160. The third-order valence-electron chi connectivity index (χ3n) is 6.48. The van der Waals surface area contributed by atoms with Gasteiger partial charge in [-0.15, -0.1) is 0 Å². The van der Waals surface area contributed by atoms with E-state index >= 15 is 0 Å². The number of alkyl carbamates (subject to hydrolysis) is 1. The molecule has 0 unspecified atom stereocenters. The molecule has 6 nitrogen and oxygen atoms in total. The van der Waals surface area contributed by atoms with Gasteiger partial charge in [0.25, 0.3) is 5.91 Å². The summed E-state index contributed by atoms with van der Waals surface area (Å²) in [4.78, 5) is 29.9. The van der Waals surface area contributed by atoms with Gasteiger partial charge < -0.3 is 15.4 Å². The summed E-state index contributed by atoms with van der Waals surface area (Å²) in [5.41, 5.74) is 2.96. The van der Waals surface area contributed by atoms with Crippen molar-refractivity contribution in [3.05, 3.63) is 66.2 Å². The van der Waals surface area contributed by atoms with Crippen molar-refractivity contribution < 1.29 is 14.3 Å². The number of benzene rings is 2. The van der Waals surface area contributed by atoms with Crippen molar-refractivity contribution >= 4 is 22.9 Å². The first-order valence-electron chi connectivity index (χ1n) is 12.5. The Balaban J connectivity index is 1.33. The van der Waals surface area contributed by atoms with Gasteiger partial charge in [0.05, 0.1) is 23.4 Å². The number of nitrogens with one attached hydrogen (secondary N) is 2. The summed E-state index contributed by atoms with van der Waals surface area (Å²) in [6, 6.07) is 19.6. The number of hydrogen-bond donors (Lipinski definition) is 2. The van der Waals surface area contributed by atoms with Crippen LogP contribution >= 0.6 is 0 Å². The number of carbonyl (C=O) groups is 2. The Morgan fingerprint density at radius 3 is 2.31 bits per heavy atom. The molecule has 2 amide bonds. The number of aromatic nitrogens is 1. The molecule has 0 atom stereocenters. The van der Waals surface area contributed by atoms with Crippen LogP contribution in [-0.4, -0.2) is 35.7 Å². The SMILES string of the molecule is CC(C)(C)NC(=O)OCC1CCC(CNC(=O)c2cc(-c3ccccc3)nc3ccccc23)CC1. The molecule has 1 fully saturated rings. The first-order valence-corrected chi connectivity index (χ1v) is 12.5. The Hall–Kier alpha value is -3.41. The molecule has 4 rings (SSSR count). The molecular formula is C29H35N3O3. The van der Waals surface area contributed by atoms with E-state index in [9.17, 15) is 9.59 Å². The molecule has 184 valence electrons. The van der Waals surface area contributed by atoms with Crippen molar-refractivity contribution in [1.29, 1.82) is 0 Å². The van der Waals surface area contributed by atoms with Crippen LogP contribution in [0.5, 0.6) is 0 Å². The molecule has 2 N–H and O–H groups in total. The van der Waals surface area contributed by atoms with Crippen LogP contribution in [0, 0.1) is 11.8 Å². The first kappa shape index (κ1) is 24.7. The van der Waals surface area contributed by atoms with Gasteiger partial charge in [-0.2, -0.15) is 0 Å². The normalized spacial score (nSPS) is 18.1. The fourth-order valence-electron chi connectivity index (χ4n) is 4.59. The van der Waals surface area contributed by atoms with E-state index in [1.807, 2.05) is 81.4 Å². The summed E-state index contributed by atoms with van der Waals surface area (Å²) in [7, 11) is 0. The molecule has 2 aromatic carbocycles. The van der Waals surface area contributed by atoms with Gasteiger partial charge in [0, 0.05) is 23.0 Å². The van der Waals surface area contributed by atoms with E-state index in [1.165, 1.54) is 0 Å². The zero-order valence-corrected chi connectivity index (χ0v) is 20.8. The number of nitrogens with zero attached hydrogens (tertiary/aromatic N) is 1. The second-order valence-corrected chi connectivity index (χ2v) is 10.5. The van der Waals surface area contributed by atoms with E-state index in [0.29, 0.717) is 30.6 Å². The summed E-state index contributed by atoms with van der Waals surface area (Å²) in [5.74, 6) is 0.746. The fourth-order valence-corrected chi connectivity index (χ4v) is 4.59. The quantitative estimate of drug-likeness (QED) is 0.463. The van der Waals surface area contributed by atoms with Crippen LogP contribution < -0.4 is 10.6 Å². The van der Waals surface area contributed by atoms with Crippen LogP contribution in [0.1, 0.15) is 56.8 Å². The van der Waals surface area contributed by atoms with Crippen LogP contribution in [0.25, 0.3) is 22.2 Å². The van der Waals surface area contributed by atoms with Crippen LogP contribution in [-0.2, 0) is 4.74 Å². The number of para-hydroxylation sites is 1. The average Bonchev–Trinajstić information content (AvgIpc) is 2.85. The Morgan fingerprint density at radius 1 is 0.943 bits per heavy atom. The Morgan fingerprint density at radius 2 is 1.60 bits per heavy atom. The minimum atomic E-state index is -0.355. The first-order chi connectivity index (χ1) is 16.8. The number of hydrogen-bond acceptors (Lipinski definition) is 4. The number of fused-ring (bicyclic) bond motifs is 1. The maximum Gasteiger partial charge on any atom is 0.407 e. The van der Waals surface area contributed by atoms with Crippen molar-refractivity contribution in [2.24, 2.45) is 11.8 Å². The number of ether oxygens (including phenoxy) is 1. The predicted molar refractivity (Wildman–Crippen MR) is 139 cm³/mol. The molecule has 1 heterocycles. The van der Waals surface area contributed by atoms with Crippen molar-refractivity contribution in [2.45, 2.75) is 52.0 Å². The van der Waals surface area contributed by atoms with Gasteiger partial charge in [-0.3, -0.25) is 4.79 Å². The summed E-state index contributed by atoms with van der Waals surface area (Å²) in [5, 5.41) is 6.86. The summed E-state index contributed by atoms with van der Waals surface area (Å²) in [6.07, 6.45) is 3.67. The largest absolute Gasteiger partial charge is 0.449 e. The summed E-state index contributed by atoms with van der Waals surface area (Å²) < 4.78 is 5.41. The Kier molecular flexibility index (Phi) is 7.69. The number of carbonyl (C=O) groups excluding carboxylic acids is 2. The fraction of sp³-hybridized carbons (Fsp3) is 0.414. The summed E-state index contributed by atoms with van der Waals surface area (Å²) in [6.45, 7) is 6.90. The minimum absolute atomic E-state index is 0.0647. The number of rotatable bonds is 6. The van der Waals surface area contributed by atoms with Crippen molar-refractivity contribution in [3.8, 4) is 11.3 Å². The van der Waals surface area contributed by atoms with Crippen LogP contribution in [0.3, 0.4) is 0 Å². The molecule has 0 radical (unpaired) electrons. The lowest BCUT2D eigenvalue weighted by Gasteiger charge is -2.29. The minimum Gasteiger partial charge on any atom is -0.449 e. The standard InChI is InChI=1S/C29H35N3O3/c1-29(2,3)32-28(34)35-19-21-15-13-20(14-16-21)18-30-27(33)24-17-26(22-9-5-4-6-10-22)31-25-12-8-7-11-23(24)25/h4-12,17,20-21H,13-16,18-19H2,1-3H3,(H,30,33)(H,32,34). The molecule has 1 aliphatic rings. The lowest BCUT2D eigenvalue weighted by atomic mass is 9.82. The van der Waals surface area contributed by atoms with Crippen LogP contribution in [0.15, 0.2) is 60.7 Å². The highest BCUT2D eigenvalue weighted by molar-refractivity contribution is 6.07. The molecule has 0 aliphatic heterocycles. The smallest absolute Gasteiger partial charge is 0.407 e. The molecule has 0 saturated heterocycles. The third kappa shape index (κ3) is 6.81. The maximum atomic E-state index is 13.2. The molecule has 0 bridgehead atoms. The molecule has 1 saturated carbocycles. The van der Waals surface area contributed by atoms with Gasteiger partial charge in [-0.1, -0.05) is 48.5 Å². The highest BCUT2D eigenvalue weighted by Gasteiger charge is 2.24. The van der Waals surface area contributed by atoms with E-state index in [4.69, 9.17) is 9.72 Å². The number of amides is 2. The molecular weight excluding hydrogens is 438 g/mol. The molecule has 6 heteroatoms. The highest BCUT2D eigenvalue weighted by Crippen LogP contribution is 2.29. The highest BCUT2D eigenvalue weighted by atomic mass is 16.5. The average molecular weight is 474 g/mol. The van der Waals surface area contributed by atoms with E-state index in [0.717, 1.165) is 47.8 Å². The molecule has 0 spiro atoms. The van der Waals surface area contributed by atoms with Gasteiger partial charge in [-0.05, 0) is 70.4 Å². The van der Waals surface area contributed by atoms with Crippen molar-refractivity contribution in [2.75, 3.05) is 13.2 Å². The van der Waals surface area contributed by atoms with E-state index in [2.05, 4.69) is 10.6 Å². The second kappa shape index (κ2) is 10.9. The van der Waals surface area contributed by atoms with Gasteiger partial charge in [0.1, 0.15) is 0 Å². The third-order valence-corrected chi connectivity index (χ3v) is 6.48. The maximum absolute atomic E-state index is 13.2. The van der Waals surface area contributed by atoms with Crippen LogP contribution in [0.4, 0.5) is 4.79 Å². The lowest BCUT2D eigenvalue weighted by molar-refractivity contribution is 0.0916. The lowest BCUT2D eigenvalue weighted by Crippen LogP contribution is -2.41. The monoisotopic (exact) mass is 473 g/mol. The van der Waals surface area contributed by atoms with Gasteiger partial charge in [-0.25, -0.2) is 9.78 Å². The molecule has 3 aromatic rings. The molecule has 35 heavy (non-hydrogen) atoms. The topological polar surface area (TPSA) is 80.3 Å². The Labute approximate surface area is 207 Å². The molecule has 1 aliphatic carbocycles. The predicted octanol–water partition coefficient (Wildman–Crippen LogP) is 5.96. The second-order valence-electron chi connectivity index (χ2n) is 10.5. The van der Waals surface area contributed by atoms with Gasteiger partial charge in [0.15, 0.2) is 0 Å². The van der Waals surface area contributed by atoms with E-state index in [-0.39, 0.29) is 17.5 Å². The van der Waals surface area contributed by atoms with Gasteiger partial charge >= 0.3 is 6.09 Å². The van der Waals surface area contributed by atoms with Crippen molar-refractivity contribution in [1.82, 2.24) is 15.6 Å². The van der Waals surface area contributed by atoms with Gasteiger partial charge in [0.2, 0.25) is 0 Å². The van der Waals surface area contributed by atoms with Crippen LogP contribution in [0.2, 0.25) is 0 Å². The molecule has 1 aromatic heterocycles. The van der Waals surface area contributed by atoms with Crippen molar-refractivity contribution in [3.63, 3.8) is 0 Å². The zero-order valence-electron chi connectivity index (χ0n) is 20.8.